The highest BCUT2D eigenvalue weighted by Crippen LogP contribution is 2.31. The summed E-state index contributed by atoms with van der Waals surface area (Å²) in [6.07, 6.45) is 0. The standard InChI is InChI=1S/C25H18N2O4/c1-14-7-5-12-18-15(2)22(31-21(14)18)23(28)26-16-8-6-9-17(13-16)27-24(29)19-10-3-4-11-20(19)25(27)30/h3-13H,1-2H3,(H,26,28). The van der Waals surface area contributed by atoms with Crippen LogP contribution in [0.15, 0.2) is 71.1 Å². The number of nitrogens with zero attached hydrogens (tertiary/aromatic N) is 1. The average molecular weight is 410 g/mol. The molecule has 0 bridgehead atoms. The highest BCUT2D eigenvalue weighted by atomic mass is 16.3. The second kappa shape index (κ2) is 6.95. The van der Waals surface area contributed by atoms with Gasteiger partial charge in [0.2, 0.25) is 0 Å². The van der Waals surface area contributed by atoms with Gasteiger partial charge in [-0.15, -0.1) is 0 Å². The van der Waals surface area contributed by atoms with Gasteiger partial charge in [0.05, 0.1) is 16.8 Å². The number of benzene rings is 3. The van der Waals surface area contributed by atoms with Crippen molar-refractivity contribution < 1.29 is 18.8 Å². The van der Waals surface area contributed by atoms with E-state index in [1.54, 1.807) is 48.5 Å². The van der Waals surface area contributed by atoms with Gasteiger partial charge in [0, 0.05) is 16.6 Å². The molecule has 0 atom stereocenters. The number of hydrogen-bond donors (Lipinski definition) is 1. The van der Waals surface area contributed by atoms with Crippen molar-refractivity contribution in [1.29, 1.82) is 0 Å². The number of imide groups is 1. The molecule has 4 aromatic rings. The Labute approximate surface area is 178 Å². The average Bonchev–Trinajstić information content (AvgIpc) is 3.24. The molecule has 2 heterocycles. The van der Waals surface area contributed by atoms with Crippen molar-refractivity contribution in [1.82, 2.24) is 0 Å². The molecule has 1 aromatic heterocycles. The summed E-state index contributed by atoms with van der Waals surface area (Å²) in [5.41, 5.74) is 3.98. The number of rotatable bonds is 3. The first-order valence-corrected chi connectivity index (χ1v) is 9.83. The largest absolute Gasteiger partial charge is 0.450 e. The van der Waals surface area contributed by atoms with Crippen LogP contribution in [0.5, 0.6) is 0 Å². The van der Waals surface area contributed by atoms with Crippen LogP contribution < -0.4 is 10.2 Å². The highest BCUT2D eigenvalue weighted by Gasteiger charge is 2.36. The van der Waals surface area contributed by atoms with E-state index in [0.717, 1.165) is 21.4 Å². The predicted octanol–water partition coefficient (Wildman–Crippen LogP) is 5.10. The second-order valence-corrected chi connectivity index (χ2v) is 7.50. The van der Waals surface area contributed by atoms with Gasteiger partial charge in [0.15, 0.2) is 5.76 Å². The zero-order valence-corrected chi connectivity index (χ0v) is 16.9. The summed E-state index contributed by atoms with van der Waals surface area (Å²) in [6.45, 7) is 3.77. The Hall–Kier alpha value is -4.19. The van der Waals surface area contributed by atoms with E-state index in [9.17, 15) is 14.4 Å². The Kier molecular flexibility index (Phi) is 4.22. The normalized spacial score (nSPS) is 13.0. The van der Waals surface area contributed by atoms with E-state index in [1.165, 1.54) is 0 Å². The van der Waals surface area contributed by atoms with Crippen LogP contribution in [0, 0.1) is 13.8 Å². The molecule has 0 aliphatic carbocycles. The van der Waals surface area contributed by atoms with Gasteiger partial charge in [-0.1, -0.05) is 36.4 Å². The number of fused-ring (bicyclic) bond motifs is 2. The summed E-state index contributed by atoms with van der Waals surface area (Å²) in [5.74, 6) is -0.927. The van der Waals surface area contributed by atoms with Gasteiger partial charge < -0.3 is 9.73 Å². The van der Waals surface area contributed by atoms with Crippen molar-refractivity contribution >= 4 is 40.1 Å². The number of furan rings is 1. The lowest BCUT2D eigenvalue weighted by Gasteiger charge is -2.15. The molecule has 0 fully saturated rings. The highest BCUT2D eigenvalue weighted by molar-refractivity contribution is 6.34. The molecule has 0 saturated heterocycles. The Morgan fingerprint density at radius 3 is 2.23 bits per heavy atom. The maximum absolute atomic E-state index is 12.9. The molecule has 3 aromatic carbocycles. The Balaban J connectivity index is 1.45. The molecule has 1 aliphatic heterocycles. The van der Waals surface area contributed by atoms with Crippen molar-refractivity contribution in [2.45, 2.75) is 13.8 Å². The fourth-order valence-electron chi connectivity index (χ4n) is 3.94. The number of carbonyl (C=O) groups is 3. The van der Waals surface area contributed by atoms with Crippen LogP contribution in [-0.2, 0) is 0 Å². The van der Waals surface area contributed by atoms with Gasteiger partial charge in [-0.2, -0.15) is 0 Å². The Morgan fingerprint density at radius 2 is 1.55 bits per heavy atom. The number of hydrogen-bond acceptors (Lipinski definition) is 4. The van der Waals surface area contributed by atoms with Crippen molar-refractivity contribution in [3.63, 3.8) is 0 Å². The zero-order chi connectivity index (χ0) is 21.7. The minimum absolute atomic E-state index is 0.232. The van der Waals surface area contributed by atoms with Crippen LogP contribution in [-0.4, -0.2) is 17.7 Å². The number of nitrogens with one attached hydrogen (secondary N) is 1. The summed E-state index contributed by atoms with van der Waals surface area (Å²) in [7, 11) is 0. The van der Waals surface area contributed by atoms with Gasteiger partial charge in [0.1, 0.15) is 5.58 Å². The van der Waals surface area contributed by atoms with E-state index in [1.807, 2.05) is 32.0 Å². The topological polar surface area (TPSA) is 79.6 Å². The number of carbonyl (C=O) groups excluding carboxylic acids is 3. The maximum atomic E-state index is 12.9. The molecule has 152 valence electrons. The Morgan fingerprint density at radius 1 is 0.871 bits per heavy atom. The summed E-state index contributed by atoms with van der Waals surface area (Å²) < 4.78 is 5.84. The fourth-order valence-corrected chi connectivity index (χ4v) is 3.94. The van der Waals surface area contributed by atoms with Gasteiger partial charge in [-0.25, -0.2) is 4.90 Å². The quantitative estimate of drug-likeness (QED) is 0.477. The van der Waals surface area contributed by atoms with Crippen molar-refractivity contribution in [3.05, 3.63) is 94.7 Å². The second-order valence-electron chi connectivity index (χ2n) is 7.50. The number of amides is 3. The van der Waals surface area contributed by atoms with Crippen LogP contribution >= 0.6 is 0 Å². The number of para-hydroxylation sites is 1. The molecule has 0 radical (unpaired) electrons. The molecule has 6 nitrogen and oxygen atoms in total. The molecule has 0 unspecified atom stereocenters. The van der Waals surface area contributed by atoms with Gasteiger partial charge in [0.25, 0.3) is 17.7 Å². The summed E-state index contributed by atoms with van der Waals surface area (Å²) >= 11 is 0. The van der Waals surface area contributed by atoms with Gasteiger partial charge >= 0.3 is 0 Å². The molecule has 0 saturated carbocycles. The van der Waals surface area contributed by atoms with Crippen LogP contribution in [0.1, 0.15) is 42.4 Å². The molecule has 1 aliphatic rings. The lowest BCUT2D eigenvalue weighted by Crippen LogP contribution is -2.29. The van der Waals surface area contributed by atoms with Crippen LogP contribution in [0.2, 0.25) is 0 Å². The SMILES string of the molecule is Cc1c(C(=O)Nc2cccc(N3C(=O)c4ccccc4C3=O)c2)oc2c(C)cccc12. The van der Waals surface area contributed by atoms with Crippen molar-refractivity contribution in [2.75, 3.05) is 10.2 Å². The predicted molar refractivity (Wildman–Crippen MR) is 118 cm³/mol. The molecular weight excluding hydrogens is 392 g/mol. The third-order valence-corrected chi connectivity index (χ3v) is 5.52. The summed E-state index contributed by atoms with van der Waals surface area (Å²) in [5, 5.41) is 3.71. The minimum atomic E-state index is -0.396. The third-order valence-electron chi connectivity index (χ3n) is 5.52. The molecule has 1 N–H and O–H groups in total. The van der Waals surface area contributed by atoms with Crippen LogP contribution in [0.25, 0.3) is 11.0 Å². The van der Waals surface area contributed by atoms with E-state index >= 15 is 0 Å². The monoisotopic (exact) mass is 410 g/mol. The van der Waals surface area contributed by atoms with E-state index in [-0.39, 0.29) is 17.6 Å². The molecule has 31 heavy (non-hydrogen) atoms. The smallest absolute Gasteiger partial charge is 0.291 e. The molecule has 3 amide bonds. The van der Waals surface area contributed by atoms with Crippen LogP contribution in [0.4, 0.5) is 11.4 Å². The van der Waals surface area contributed by atoms with E-state index < -0.39 is 5.91 Å². The Bertz CT molecular complexity index is 1360. The summed E-state index contributed by atoms with van der Waals surface area (Å²) in [4.78, 5) is 39.5. The van der Waals surface area contributed by atoms with E-state index in [4.69, 9.17) is 4.42 Å². The molecular formula is C25H18N2O4. The van der Waals surface area contributed by atoms with Gasteiger partial charge in [-0.05, 0) is 49.7 Å². The van der Waals surface area contributed by atoms with E-state index in [2.05, 4.69) is 5.32 Å². The maximum Gasteiger partial charge on any atom is 0.291 e. The molecule has 0 spiro atoms. The van der Waals surface area contributed by atoms with Crippen molar-refractivity contribution in [2.24, 2.45) is 0 Å². The lowest BCUT2D eigenvalue weighted by atomic mass is 10.1. The van der Waals surface area contributed by atoms with E-state index in [0.29, 0.717) is 28.1 Å². The first-order chi connectivity index (χ1) is 15.0. The third kappa shape index (κ3) is 2.92. The van der Waals surface area contributed by atoms with Crippen molar-refractivity contribution in [3.8, 4) is 0 Å². The molecule has 6 heteroatoms. The fraction of sp³-hybridized carbons (Fsp3) is 0.0800. The lowest BCUT2D eigenvalue weighted by molar-refractivity contribution is 0.0925. The zero-order valence-electron chi connectivity index (χ0n) is 16.9. The summed E-state index contributed by atoms with van der Waals surface area (Å²) in [6, 6.07) is 19.1. The van der Waals surface area contributed by atoms with Crippen LogP contribution in [0.3, 0.4) is 0 Å². The minimum Gasteiger partial charge on any atom is -0.450 e. The first-order valence-electron chi connectivity index (χ1n) is 9.83. The molecule has 5 rings (SSSR count). The van der Waals surface area contributed by atoms with Gasteiger partial charge in [-0.3, -0.25) is 14.4 Å². The number of aryl methyl sites for hydroxylation is 2. The first kappa shape index (κ1) is 18.8. The number of anilines is 2.